The number of carbonyl (C=O) groups excluding carboxylic acids is 1. The van der Waals surface area contributed by atoms with Crippen LogP contribution in [0.25, 0.3) is 22.5 Å². The van der Waals surface area contributed by atoms with Gasteiger partial charge in [-0.3, -0.25) is 9.89 Å². The zero-order valence-corrected chi connectivity index (χ0v) is 17.8. The summed E-state index contributed by atoms with van der Waals surface area (Å²) in [7, 11) is 1.80. The minimum atomic E-state index is -0.0268. The van der Waals surface area contributed by atoms with E-state index >= 15 is 0 Å². The average molecular weight is 436 g/mol. The van der Waals surface area contributed by atoms with Crippen LogP contribution in [0, 0.1) is 0 Å². The average Bonchev–Trinajstić information content (AvgIpc) is 3.24. The molecule has 30 heavy (non-hydrogen) atoms. The van der Waals surface area contributed by atoms with Gasteiger partial charge in [-0.1, -0.05) is 65.7 Å². The fourth-order valence-electron chi connectivity index (χ4n) is 3.25. The number of H-pyrrole nitrogens is 1. The molecule has 0 fully saturated rings. The van der Waals surface area contributed by atoms with Crippen LogP contribution in [-0.4, -0.2) is 28.1 Å². The molecule has 4 nitrogen and oxygen atoms in total. The molecule has 1 aromatic heterocycles. The van der Waals surface area contributed by atoms with Gasteiger partial charge in [0.2, 0.25) is 0 Å². The van der Waals surface area contributed by atoms with Crippen LogP contribution in [0.15, 0.2) is 78.9 Å². The van der Waals surface area contributed by atoms with Crippen molar-refractivity contribution < 1.29 is 4.79 Å². The predicted octanol–water partition coefficient (Wildman–Crippen LogP) is 6.32. The first-order valence-electron chi connectivity index (χ1n) is 9.42. The molecule has 1 amide bonds. The minimum absolute atomic E-state index is 0.0268. The molecule has 0 bridgehead atoms. The summed E-state index contributed by atoms with van der Waals surface area (Å²) in [6, 6.07) is 24.6. The van der Waals surface area contributed by atoms with Crippen molar-refractivity contribution >= 4 is 29.1 Å². The zero-order valence-electron chi connectivity index (χ0n) is 16.3. The molecule has 0 aliphatic heterocycles. The van der Waals surface area contributed by atoms with E-state index in [0.29, 0.717) is 22.2 Å². The first-order valence-corrected chi connectivity index (χ1v) is 10.2. The lowest BCUT2D eigenvalue weighted by Crippen LogP contribution is -2.26. The van der Waals surface area contributed by atoms with Gasteiger partial charge in [0, 0.05) is 35.3 Å². The van der Waals surface area contributed by atoms with Crippen molar-refractivity contribution in [1.82, 2.24) is 15.1 Å². The molecule has 0 aliphatic rings. The molecule has 0 spiro atoms. The molecule has 0 saturated carbocycles. The number of halogens is 2. The van der Waals surface area contributed by atoms with Crippen LogP contribution in [0.1, 0.15) is 15.9 Å². The van der Waals surface area contributed by atoms with E-state index in [1.54, 1.807) is 24.1 Å². The first kappa shape index (κ1) is 20.2. The number of hydrogen-bond acceptors (Lipinski definition) is 2. The fourth-order valence-corrected chi connectivity index (χ4v) is 3.76. The van der Waals surface area contributed by atoms with Crippen molar-refractivity contribution in [3.05, 3.63) is 100 Å². The van der Waals surface area contributed by atoms with E-state index in [1.807, 2.05) is 66.7 Å². The molecule has 4 aromatic rings. The SMILES string of the molecule is CN(Cc1ccccc1)C(=O)c1ccc(-c2cc(-c3ccc(Cl)cc3Cl)[nH]n2)cc1. The van der Waals surface area contributed by atoms with Crippen molar-refractivity contribution in [2.75, 3.05) is 7.05 Å². The molecule has 4 rings (SSSR count). The maximum atomic E-state index is 12.7. The van der Waals surface area contributed by atoms with Crippen molar-refractivity contribution in [1.29, 1.82) is 0 Å². The first-order chi connectivity index (χ1) is 14.5. The van der Waals surface area contributed by atoms with Crippen LogP contribution in [0.4, 0.5) is 0 Å². The van der Waals surface area contributed by atoms with E-state index in [0.717, 1.165) is 28.1 Å². The highest BCUT2D eigenvalue weighted by atomic mass is 35.5. The summed E-state index contributed by atoms with van der Waals surface area (Å²) < 4.78 is 0. The van der Waals surface area contributed by atoms with Crippen molar-refractivity contribution in [2.45, 2.75) is 6.54 Å². The normalized spacial score (nSPS) is 10.8. The van der Waals surface area contributed by atoms with Gasteiger partial charge in [-0.2, -0.15) is 5.10 Å². The smallest absolute Gasteiger partial charge is 0.253 e. The van der Waals surface area contributed by atoms with Gasteiger partial charge >= 0.3 is 0 Å². The monoisotopic (exact) mass is 435 g/mol. The summed E-state index contributed by atoms with van der Waals surface area (Å²) in [6.07, 6.45) is 0. The molecule has 0 unspecified atom stereocenters. The summed E-state index contributed by atoms with van der Waals surface area (Å²) in [5.74, 6) is -0.0268. The van der Waals surface area contributed by atoms with Gasteiger partial charge in [0.15, 0.2) is 0 Å². The molecular formula is C24H19Cl2N3O. The van der Waals surface area contributed by atoms with E-state index in [-0.39, 0.29) is 5.91 Å². The molecule has 1 heterocycles. The van der Waals surface area contributed by atoms with E-state index in [4.69, 9.17) is 23.2 Å². The molecule has 150 valence electrons. The van der Waals surface area contributed by atoms with Gasteiger partial charge < -0.3 is 4.90 Å². The largest absolute Gasteiger partial charge is 0.337 e. The van der Waals surface area contributed by atoms with Crippen LogP contribution in [0.2, 0.25) is 10.0 Å². The van der Waals surface area contributed by atoms with Gasteiger partial charge in [0.05, 0.1) is 16.4 Å². The predicted molar refractivity (Wildman–Crippen MR) is 122 cm³/mol. The molecule has 3 aromatic carbocycles. The zero-order chi connectivity index (χ0) is 21.1. The summed E-state index contributed by atoms with van der Waals surface area (Å²) in [5.41, 5.74) is 5.03. The molecule has 0 atom stereocenters. The number of benzene rings is 3. The molecule has 0 saturated heterocycles. The lowest BCUT2D eigenvalue weighted by molar-refractivity contribution is 0.0785. The Morgan fingerprint density at radius 3 is 2.40 bits per heavy atom. The van der Waals surface area contributed by atoms with Crippen molar-refractivity contribution in [3.8, 4) is 22.5 Å². The molecule has 0 aliphatic carbocycles. The van der Waals surface area contributed by atoms with Crippen LogP contribution in [0.3, 0.4) is 0 Å². The Morgan fingerprint density at radius 2 is 1.70 bits per heavy atom. The van der Waals surface area contributed by atoms with Crippen molar-refractivity contribution in [3.63, 3.8) is 0 Å². The summed E-state index contributed by atoms with van der Waals surface area (Å²) in [5, 5.41) is 8.53. The van der Waals surface area contributed by atoms with E-state index in [9.17, 15) is 4.79 Å². The molecule has 0 radical (unpaired) electrons. The van der Waals surface area contributed by atoms with Crippen LogP contribution < -0.4 is 0 Å². The number of carbonyl (C=O) groups is 1. The number of aromatic amines is 1. The number of nitrogens with zero attached hydrogens (tertiary/aromatic N) is 2. The fraction of sp³-hybridized carbons (Fsp3) is 0.0833. The van der Waals surface area contributed by atoms with Gasteiger partial charge in [-0.15, -0.1) is 0 Å². The summed E-state index contributed by atoms with van der Waals surface area (Å²) in [6.45, 7) is 0.562. The maximum Gasteiger partial charge on any atom is 0.253 e. The van der Waals surface area contributed by atoms with E-state index in [2.05, 4.69) is 10.2 Å². The minimum Gasteiger partial charge on any atom is -0.337 e. The number of nitrogens with one attached hydrogen (secondary N) is 1. The summed E-state index contributed by atoms with van der Waals surface area (Å²) >= 11 is 12.3. The highest BCUT2D eigenvalue weighted by Crippen LogP contribution is 2.31. The highest BCUT2D eigenvalue weighted by molar-refractivity contribution is 6.36. The van der Waals surface area contributed by atoms with Crippen LogP contribution in [0.5, 0.6) is 0 Å². The van der Waals surface area contributed by atoms with Gasteiger partial charge in [-0.25, -0.2) is 0 Å². The maximum absolute atomic E-state index is 12.7. The van der Waals surface area contributed by atoms with E-state index in [1.165, 1.54) is 0 Å². The third kappa shape index (κ3) is 4.40. The number of rotatable bonds is 5. The third-order valence-electron chi connectivity index (χ3n) is 4.84. The Kier molecular flexibility index (Phi) is 5.88. The Morgan fingerprint density at radius 1 is 0.967 bits per heavy atom. The lowest BCUT2D eigenvalue weighted by Gasteiger charge is -2.17. The van der Waals surface area contributed by atoms with Gasteiger partial charge in [0.1, 0.15) is 0 Å². The van der Waals surface area contributed by atoms with Crippen LogP contribution in [-0.2, 0) is 6.54 Å². The summed E-state index contributed by atoms with van der Waals surface area (Å²) in [4.78, 5) is 14.4. The third-order valence-corrected chi connectivity index (χ3v) is 5.38. The molecule has 6 heteroatoms. The Bertz CT molecular complexity index is 1170. The highest BCUT2D eigenvalue weighted by Gasteiger charge is 2.13. The van der Waals surface area contributed by atoms with Crippen LogP contribution >= 0.6 is 23.2 Å². The van der Waals surface area contributed by atoms with Gasteiger partial charge in [-0.05, 0) is 42.0 Å². The van der Waals surface area contributed by atoms with Crippen molar-refractivity contribution in [2.24, 2.45) is 0 Å². The second-order valence-electron chi connectivity index (χ2n) is 7.02. The second-order valence-corrected chi connectivity index (χ2v) is 7.86. The number of hydrogen-bond donors (Lipinski definition) is 1. The van der Waals surface area contributed by atoms with Gasteiger partial charge in [0.25, 0.3) is 5.91 Å². The number of aromatic nitrogens is 2. The Balaban J connectivity index is 1.50. The van der Waals surface area contributed by atoms with E-state index < -0.39 is 0 Å². The quantitative estimate of drug-likeness (QED) is 0.398. The molecular weight excluding hydrogens is 417 g/mol. The topological polar surface area (TPSA) is 49.0 Å². The molecule has 1 N–H and O–H groups in total. The standard InChI is InChI=1S/C24H19Cl2N3O/c1-29(15-16-5-3-2-4-6-16)24(30)18-9-7-17(8-10-18)22-14-23(28-27-22)20-12-11-19(25)13-21(20)26/h2-14H,15H2,1H3,(H,27,28). The Labute approximate surface area is 185 Å². The Hall–Kier alpha value is -3.08. The lowest BCUT2D eigenvalue weighted by atomic mass is 10.1. The number of amides is 1. The second kappa shape index (κ2) is 8.74.